The van der Waals surface area contributed by atoms with Gasteiger partial charge in [0.15, 0.2) is 0 Å². The molecule has 0 amide bonds. The largest absolute Gasteiger partial charge is 0.494 e. The molecule has 0 spiro atoms. The molecule has 0 heterocycles. The van der Waals surface area contributed by atoms with E-state index in [-0.39, 0.29) is 0 Å². The van der Waals surface area contributed by atoms with Crippen molar-refractivity contribution < 1.29 is 14.3 Å². The third-order valence-corrected chi connectivity index (χ3v) is 6.21. The zero-order chi connectivity index (χ0) is 24.9. The van der Waals surface area contributed by atoms with Gasteiger partial charge in [0.1, 0.15) is 5.75 Å². The molecule has 0 atom stereocenters. The summed E-state index contributed by atoms with van der Waals surface area (Å²) in [5.41, 5.74) is 3.16. The van der Waals surface area contributed by atoms with Crippen LogP contribution < -0.4 is 4.74 Å². The van der Waals surface area contributed by atoms with Gasteiger partial charge in [-0.05, 0) is 66.4 Å². The molecule has 0 fully saturated rings. The van der Waals surface area contributed by atoms with Crippen LogP contribution in [-0.4, -0.2) is 19.2 Å². The number of carbonyl (C=O) groups is 1. The molecule has 6 heteroatoms. The van der Waals surface area contributed by atoms with Crippen LogP contribution in [0.4, 0.5) is 0 Å². The van der Waals surface area contributed by atoms with Gasteiger partial charge in [0.05, 0.1) is 35.4 Å². The van der Waals surface area contributed by atoms with Crippen LogP contribution >= 0.6 is 23.2 Å². The summed E-state index contributed by atoms with van der Waals surface area (Å²) < 4.78 is 11.2. The van der Waals surface area contributed by atoms with E-state index in [1.54, 1.807) is 12.1 Å². The summed E-state index contributed by atoms with van der Waals surface area (Å²) in [6, 6.07) is 22.5. The highest BCUT2D eigenvalue weighted by Gasteiger charge is 2.12. The zero-order valence-electron chi connectivity index (χ0n) is 19.6. The number of hydrogen-bond acceptors (Lipinski definition) is 4. The number of benzene rings is 3. The van der Waals surface area contributed by atoms with Gasteiger partial charge >= 0.3 is 5.97 Å². The van der Waals surface area contributed by atoms with Crippen molar-refractivity contribution in [3.05, 3.63) is 87.9 Å². The van der Waals surface area contributed by atoms with Crippen molar-refractivity contribution in [2.75, 3.05) is 13.2 Å². The van der Waals surface area contributed by atoms with Gasteiger partial charge in [0.2, 0.25) is 0 Å². The second-order valence-corrected chi connectivity index (χ2v) is 9.14. The Morgan fingerprint density at radius 1 is 0.743 bits per heavy atom. The minimum absolute atomic E-state index is 0.309. The van der Waals surface area contributed by atoms with Crippen molar-refractivity contribution in [2.45, 2.75) is 44.9 Å². The van der Waals surface area contributed by atoms with E-state index in [1.807, 2.05) is 48.5 Å². The number of unbranched alkanes of at least 4 members (excludes halogenated alkanes) is 6. The Morgan fingerprint density at radius 2 is 1.31 bits per heavy atom. The number of hydrogen-bond donors (Lipinski definition) is 0. The molecule has 0 N–H and O–H groups in total. The number of nitriles is 1. The number of ether oxygens (including phenoxy) is 2. The van der Waals surface area contributed by atoms with Gasteiger partial charge in [-0.15, -0.1) is 0 Å². The van der Waals surface area contributed by atoms with Crippen molar-refractivity contribution in [2.24, 2.45) is 0 Å². The Kier molecular flexibility index (Phi) is 11.0. The zero-order valence-corrected chi connectivity index (χ0v) is 21.2. The SMILES string of the molecule is N#Cc1ccc(-c2ccc(OCCCCCCCCCOC(=O)c3cc(Cl)ccc3Cl)cc2)cc1. The number of carbonyl (C=O) groups excluding carboxylic acids is 1. The molecule has 0 bridgehead atoms. The lowest BCUT2D eigenvalue weighted by Crippen LogP contribution is -2.07. The molecule has 0 aliphatic rings. The van der Waals surface area contributed by atoms with Gasteiger partial charge in [-0.3, -0.25) is 0 Å². The van der Waals surface area contributed by atoms with Gasteiger partial charge in [-0.25, -0.2) is 4.79 Å². The summed E-state index contributed by atoms with van der Waals surface area (Å²) in [4.78, 5) is 12.1. The third-order valence-electron chi connectivity index (χ3n) is 5.64. The summed E-state index contributed by atoms with van der Waals surface area (Å²) >= 11 is 11.9. The molecule has 3 aromatic carbocycles. The molecule has 35 heavy (non-hydrogen) atoms. The van der Waals surface area contributed by atoms with E-state index in [1.165, 1.54) is 12.5 Å². The van der Waals surface area contributed by atoms with E-state index in [0.717, 1.165) is 55.4 Å². The first-order valence-electron chi connectivity index (χ1n) is 11.9. The van der Waals surface area contributed by atoms with Gasteiger partial charge in [-0.2, -0.15) is 5.26 Å². The van der Waals surface area contributed by atoms with Crippen LogP contribution in [0.25, 0.3) is 11.1 Å². The van der Waals surface area contributed by atoms with Crippen LogP contribution in [-0.2, 0) is 4.74 Å². The standard InChI is InChI=1S/C29H29Cl2NO3/c30-25-14-17-28(31)27(20-25)29(33)35-19-7-5-3-1-2-4-6-18-34-26-15-12-24(13-16-26)23-10-8-22(21-32)9-11-23/h8-17,20H,1-7,18-19H2. The monoisotopic (exact) mass is 509 g/mol. The Morgan fingerprint density at radius 3 is 1.94 bits per heavy atom. The summed E-state index contributed by atoms with van der Waals surface area (Å²) in [5.74, 6) is 0.442. The van der Waals surface area contributed by atoms with Crippen LogP contribution in [0.2, 0.25) is 10.0 Å². The molecule has 0 aliphatic heterocycles. The van der Waals surface area contributed by atoms with Crippen molar-refractivity contribution in [1.82, 2.24) is 0 Å². The maximum atomic E-state index is 12.1. The fourth-order valence-corrected chi connectivity index (χ4v) is 4.02. The molecule has 0 unspecified atom stereocenters. The average Bonchev–Trinajstić information content (AvgIpc) is 2.89. The smallest absolute Gasteiger partial charge is 0.339 e. The van der Waals surface area contributed by atoms with Crippen LogP contribution in [0.3, 0.4) is 0 Å². The Bertz CT molecular complexity index is 1120. The van der Waals surface area contributed by atoms with Crippen LogP contribution in [0.5, 0.6) is 5.75 Å². The predicted molar refractivity (Wildman–Crippen MR) is 141 cm³/mol. The van der Waals surface area contributed by atoms with E-state index in [2.05, 4.69) is 6.07 Å². The maximum absolute atomic E-state index is 12.1. The molecule has 0 saturated carbocycles. The molecular weight excluding hydrogens is 481 g/mol. The summed E-state index contributed by atoms with van der Waals surface area (Å²) in [6.45, 7) is 1.09. The molecule has 0 aromatic heterocycles. The normalized spacial score (nSPS) is 10.5. The fourth-order valence-electron chi connectivity index (χ4n) is 3.66. The third kappa shape index (κ3) is 8.94. The number of halogens is 2. The van der Waals surface area contributed by atoms with Crippen molar-refractivity contribution >= 4 is 29.2 Å². The first-order chi connectivity index (χ1) is 17.1. The Labute approximate surface area is 217 Å². The van der Waals surface area contributed by atoms with Crippen LogP contribution in [0.15, 0.2) is 66.7 Å². The minimum Gasteiger partial charge on any atom is -0.494 e. The average molecular weight is 510 g/mol. The fraction of sp³-hybridized carbons (Fsp3) is 0.310. The Balaban J connectivity index is 1.20. The lowest BCUT2D eigenvalue weighted by Gasteiger charge is -2.08. The second kappa shape index (κ2) is 14.4. The molecule has 0 aliphatic carbocycles. The number of esters is 1. The lowest BCUT2D eigenvalue weighted by molar-refractivity contribution is 0.0498. The molecule has 0 saturated heterocycles. The molecule has 3 rings (SSSR count). The van der Waals surface area contributed by atoms with E-state index in [0.29, 0.717) is 34.4 Å². The predicted octanol–water partition coefficient (Wildman–Crippen LogP) is 8.50. The molecule has 3 aromatic rings. The highest BCUT2D eigenvalue weighted by molar-refractivity contribution is 6.35. The minimum atomic E-state index is -0.429. The van der Waals surface area contributed by atoms with Crippen molar-refractivity contribution in [3.63, 3.8) is 0 Å². The molecule has 4 nitrogen and oxygen atoms in total. The highest BCUT2D eigenvalue weighted by Crippen LogP contribution is 2.23. The van der Waals surface area contributed by atoms with Gasteiger partial charge in [0.25, 0.3) is 0 Å². The molecular formula is C29H29Cl2NO3. The van der Waals surface area contributed by atoms with E-state index < -0.39 is 5.97 Å². The van der Waals surface area contributed by atoms with Gasteiger partial charge in [0, 0.05) is 5.02 Å². The summed E-state index contributed by atoms with van der Waals surface area (Å²) in [7, 11) is 0. The van der Waals surface area contributed by atoms with Crippen molar-refractivity contribution in [1.29, 1.82) is 5.26 Å². The summed E-state index contributed by atoms with van der Waals surface area (Å²) in [6.07, 6.45) is 7.46. The van der Waals surface area contributed by atoms with Crippen LogP contribution in [0, 0.1) is 11.3 Å². The van der Waals surface area contributed by atoms with Crippen molar-refractivity contribution in [3.8, 4) is 22.9 Å². The topological polar surface area (TPSA) is 59.3 Å². The van der Waals surface area contributed by atoms with Crippen LogP contribution in [0.1, 0.15) is 60.9 Å². The first kappa shape index (κ1) is 26.6. The highest BCUT2D eigenvalue weighted by atomic mass is 35.5. The first-order valence-corrected chi connectivity index (χ1v) is 12.7. The second-order valence-electron chi connectivity index (χ2n) is 8.30. The van der Waals surface area contributed by atoms with E-state index >= 15 is 0 Å². The summed E-state index contributed by atoms with van der Waals surface area (Å²) in [5, 5.41) is 9.72. The quantitative estimate of drug-likeness (QED) is 0.171. The number of rotatable bonds is 13. The molecule has 182 valence electrons. The van der Waals surface area contributed by atoms with Gasteiger partial charge in [-0.1, -0.05) is 79.6 Å². The maximum Gasteiger partial charge on any atom is 0.339 e. The Hall–Kier alpha value is -3.00. The number of nitrogens with zero attached hydrogens (tertiary/aromatic N) is 1. The molecule has 0 radical (unpaired) electrons. The van der Waals surface area contributed by atoms with E-state index in [4.69, 9.17) is 37.9 Å². The van der Waals surface area contributed by atoms with Gasteiger partial charge < -0.3 is 9.47 Å². The lowest BCUT2D eigenvalue weighted by atomic mass is 10.0. The van der Waals surface area contributed by atoms with E-state index in [9.17, 15) is 4.79 Å².